The molecule has 0 nitrogen and oxygen atoms in total. The molecule has 0 fully saturated rings. The van der Waals surface area contributed by atoms with E-state index in [0.717, 1.165) is 14.6 Å². The van der Waals surface area contributed by atoms with E-state index in [1.165, 1.54) is 5.28 Å². The maximum atomic E-state index is 2.73. The van der Waals surface area contributed by atoms with Crippen LogP contribution in [-0.4, -0.2) is 13.7 Å². The Morgan fingerprint density at radius 1 is 1.18 bits per heavy atom. The highest BCUT2D eigenvalue weighted by Gasteiger charge is 2.26. The van der Waals surface area contributed by atoms with Gasteiger partial charge in [0.1, 0.15) is 0 Å². The van der Waals surface area contributed by atoms with Crippen LogP contribution in [0.2, 0.25) is 5.28 Å². The molecular weight excluding hydrogens is 377 g/mol. The Hall–Kier alpha value is 1.99. The second-order valence-corrected chi connectivity index (χ2v) is 13.7. The summed E-state index contributed by atoms with van der Waals surface area (Å²) in [6.45, 7) is 9.36. The van der Waals surface area contributed by atoms with Gasteiger partial charge in [0, 0.05) is 0 Å². The van der Waals surface area contributed by atoms with E-state index in [-0.39, 0.29) is 0 Å². The fourth-order valence-electron chi connectivity index (χ4n) is 0.998. The minimum Gasteiger partial charge on any atom is -0.208 e. The zero-order chi connectivity index (χ0) is 9.02. The van der Waals surface area contributed by atoms with Gasteiger partial charge in [-0.3, -0.25) is 0 Å². The number of halogens is 2. The van der Waals surface area contributed by atoms with Crippen molar-refractivity contribution in [1.29, 1.82) is 0 Å². The Morgan fingerprint density at radius 3 is 1.91 bits per heavy atom. The third kappa shape index (κ3) is 6.12. The molecule has 11 heavy (non-hydrogen) atoms. The molecule has 1 atom stereocenters. The predicted octanol–water partition coefficient (Wildman–Crippen LogP) is 4.07. The SMILES string of the molecule is CC(C)[CH2][Al]([I])[CH](I)C(C)C. The van der Waals surface area contributed by atoms with Gasteiger partial charge < -0.3 is 0 Å². The molecular formula is C8H17AlI2. The van der Waals surface area contributed by atoms with Gasteiger partial charge in [-0.1, -0.05) is 61.5 Å². The van der Waals surface area contributed by atoms with Gasteiger partial charge in [0.15, 0.2) is 0 Å². The molecule has 1 unspecified atom stereocenters. The average molecular weight is 394 g/mol. The van der Waals surface area contributed by atoms with Gasteiger partial charge >= 0.3 is 10.9 Å². The van der Waals surface area contributed by atoms with Gasteiger partial charge in [-0.25, -0.2) is 20.3 Å². The molecule has 0 aliphatic heterocycles. The van der Waals surface area contributed by atoms with Crippen molar-refractivity contribution in [1.82, 2.24) is 0 Å². The molecule has 0 aromatic heterocycles. The molecule has 0 aromatic carbocycles. The van der Waals surface area contributed by atoms with Crippen LogP contribution in [0.5, 0.6) is 0 Å². The summed E-state index contributed by atoms with van der Waals surface area (Å²) in [5.41, 5.74) is 0. The van der Waals surface area contributed by atoms with Crippen LogP contribution in [0.25, 0.3) is 0 Å². The van der Waals surface area contributed by atoms with Crippen molar-refractivity contribution < 1.29 is 0 Å². The van der Waals surface area contributed by atoms with Crippen LogP contribution in [0, 0.1) is 11.8 Å². The van der Waals surface area contributed by atoms with Gasteiger partial charge in [0.25, 0.3) is 0 Å². The van der Waals surface area contributed by atoms with E-state index in [9.17, 15) is 0 Å². The van der Waals surface area contributed by atoms with Crippen LogP contribution >= 0.6 is 42.9 Å². The maximum Gasteiger partial charge on any atom is 0.374 e. The summed E-state index contributed by atoms with van der Waals surface area (Å²) in [6.07, 6.45) is 0. The molecule has 0 aliphatic carbocycles. The van der Waals surface area contributed by atoms with Crippen LogP contribution in [0.1, 0.15) is 27.7 Å². The minimum atomic E-state index is -0.455. The molecule has 0 amide bonds. The first kappa shape index (κ1) is 13.0. The molecule has 3 heteroatoms. The molecule has 0 aromatic rings. The summed E-state index contributed by atoms with van der Waals surface area (Å²) in [6, 6.07) is 0. The number of hydrogen-bond acceptors (Lipinski definition) is 0. The zero-order valence-corrected chi connectivity index (χ0v) is 13.2. The van der Waals surface area contributed by atoms with Gasteiger partial charge in [-0.2, -0.15) is 0 Å². The second kappa shape index (κ2) is 6.45. The summed E-state index contributed by atoms with van der Waals surface area (Å²) in [5, 5.41) is 1.49. The lowest BCUT2D eigenvalue weighted by molar-refractivity contribution is 0.695. The first-order chi connectivity index (χ1) is 4.95. The number of alkyl halides is 1. The molecule has 0 N–H and O–H groups in total. The van der Waals surface area contributed by atoms with Crippen molar-refractivity contribution in [2.45, 2.75) is 35.8 Å². The van der Waals surface area contributed by atoms with E-state index in [2.05, 4.69) is 70.6 Å². The van der Waals surface area contributed by atoms with Crippen LogP contribution in [-0.2, 0) is 0 Å². The highest BCUT2D eigenvalue weighted by molar-refractivity contribution is 14.1. The molecule has 0 spiro atoms. The van der Waals surface area contributed by atoms with E-state index in [1.807, 2.05) is 0 Å². The molecule has 0 heterocycles. The smallest absolute Gasteiger partial charge is 0.208 e. The Morgan fingerprint density at radius 2 is 1.64 bits per heavy atom. The first-order valence-electron chi connectivity index (χ1n) is 4.23. The molecule has 0 radical (unpaired) electrons. The van der Waals surface area contributed by atoms with Crippen LogP contribution in [0.3, 0.4) is 0 Å². The standard InChI is InChI=1S/C4H8I.C4H9.Al.HI/c1-4(2)3-5;1-4(2)3;;/h3-4H,1-2H3;4H,1H2,2-3H3;;1H/q;;+1;/p-1. The Balaban J connectivity index is 3.73. The number of hydrogen-bond donors (Lipinski definition) is 0. The second-order valence-electron chi connectivity index (χ2n) is 3.83. The summed E-state index contributed by atoms with van der Waals surface area (Å²) >= 11 is 5.37. The van der Waals surface area contributed by atoms with Crippen molar-refractivity contribution in [2.75, 3.05) is 0 Å². The Bertz CT molecular complexity index is 104. The van der Waals surface area contributed by atoms with E-state index < -0.39 is 10.9 Å². The topological polar surface area (TPSA) is 0 Å². The summed E-state index contributed by atoms with van der Waals surface area (Å²) in [7, 11) is -0.455. The minimum absolute atomic E-state index is 0.455. The summed E-state index contributed by atoms with van der Waals surface area (Å²) in [5.74, 6) is 1.78. The summed E-state index contributed by atoms with van der Waals surface area (Å²) < 4.78 is 0.968. The first-order valence-corrected chi connectivity index (χ1v) is 11.1. The lowest BCUT2D eigenvalue weighted by Gasteiger charge is -2.17. The third-order valence-corrected chi connectivity index (χ3v) is 16.6. The van der Waals surface area contributed by atoms with E-state index in [0.29, 0.717) is 0 Å². The van der Waals surface area contributed by atoms with E-state index in [4.69, 9.17) is 0 Å². The van der Waals surface area contributed by atoms with Crippen molar-refractivity contribution in [2.24, 2.45) is 11.8 Å². The van der Waals surface area contributed by atoms with Crippen LogP contribution < -0.4 is 0 Å². The lowest BCUT2D eigenvalue weighted by atomic mass is 10.3. The molecule has 0 saturated carbocycles. The highest BCUT2D eigenvalue weighted by atomic mass is 127. The van der Waals surface area contributed by atoms with Crippen molar-refractivity contribution in [3.8, 4) is 0 Å². The fourth-order valence-corrected chi connectivity index (χ4v) is 9.42. The molecule has 0 rings (SSSR count). The molecule has 0 aliphatic rings. The number of rotatable bonds is 4. The maximum absolute atomic E-state index is 2.73. The van der Waals surface area contributed by atoms with E-state index >= 15 is 0 Å². The normalized spacial score (nSPS) is 14.2. The Labute approximate surface area is 100 Å². The average Bonchev–Trinajstić information content (AvgIpc) is 1.84. The van der Waals surface area contributed by atoms with Crippen molar-refractivity contribution in [3.63, 3.8) is 0 Å². The monoisotopic (exact) mass is 394 g/mol. The van der Waals surface area contributed by atoms with Gasteiger partial charge in [-0.15, -0.1) is 0 Å². The van der Waals surface area contributed by atoms with E-state index in [1.54, 1.807) is 0 Å². The third-order valence-electron chi connectivity index (χ3n) is 1.68. The van der Waals surface area contributed by atoms with Gasteiger partial charge in [0.2, 0.25) is 0 Å². The predicted molar refractivity (Wildman–Crippen MR) is 72.1 cm³/mol. The lowest BCUT2D eigenvalue weighted by Crippen LogP contribution is -2.25. The summed E-state index contributed by atoms with van der Waals surface area (Å²) in [4.78, 5) is 0. The zero-order valence-electron chi connectivity index (χ0n) is 7.77. The highest BCUT2D eigenvalue weighted by Crippen LogP contribution is 2.25. The fraction of sp³-hybridized carbons (Fsp3) is 1.00. The van der Waals surface area contributed by atoms with Gasteiger partial charge in [0.05, 0.1) is 0 Å². The van der Waals surface area contributed by atoms with Crippen LogP contribution in [0.15, 0.2) is 0 Å². The molecule has 66 valence electrons. The van der Waals surface area contributed by atoms with Gasteiger partial charge in [-0.05, 0) is 8.70 Å². The molecule has 0 saturated heterocycles. The van der Waals surface area contributed by atoms with Crippen molar-refractivity contribution >= 4 is 53.7 Å². The van der Waals surface area contributed by atoms with Crippen LogP contribution in [0.4, 0.5) is 0 Å². The largest absolute Gasteiger partial charge is 0.374 e. The Kier molecular flexibility index (Phi) is 7.61. The molecule has 0 bridgehead atoms. The van der Waals surface area contributed by atoms with Crippen molar-refractivity contribution in [3.05, 3.63) is 0 Å². The quantitative estimate of drug-likeness (QED) is 0.383.